The minimum absolute atomic E-state index is 0.0106. The van der Waals surface area contributed by atoms with Gasteiger partial charge in [-0.25, -0.2) is 4.79 Å². The van der Waals surface area contributed by atoms with Gasteiger partial charge in [-0.15, -0.1) is 0 Å². The Hall–Kier alpha value is -4.00. The first kappa shape index (κ1) is 20.3. The number of dihydropyridines is 1. The third kappa shape index (κ3) is 3.54. The van der Waals surface area contributed by atoms with E-state index in [-0.39, 0.29) is 5.69 Å². The van der Waals surface area contributed by atoms with Crippen LogP contribution in [-0.4, -0.2) is 23.0 Å². The molecule has 2 aromatic carbocycles. The number of nitro groups is 1. The van der Waals surface area contributed by atoms with Crippen LogP contribution < -0.4 is 5.32 Å². The maximum absolute atomic E-state index is 12.8. The van der Waals surface area contributed by atoms with E-state index in [9.17, 15) is 14.9 Å². The third-order valence-electron chi connectivity index (χ3n) is 5.53. The monoisotopic (exact) mass is 415 g/mol. The van der Waals surface area contributed by atoms with Gasteiger partial charge < -0.3 is 10.1 Å². The Labute approximate surface area is 179 Å². The number of pyridine rings is 1. The summed E-state index contributed by atoms with van der Waals surface area (Å²) in [5.41, 5.74) is 4.30. The topological polar surface area (TPSA) is 94.4 Å². The summed E-state index contributed by atoms with van der Waals surface area (Å²) >= 11 is 0. The van der Waals surface area contributed by atoms with Crippen molar-refractivity contribution in [2.75, 3.05) is 7.11 Å². The Kier molecular flexibility index (Phi) is 5.25. The lowest BCUT2D eigenvalue weighted by atomic mass is 9.78. The summed E-state index contributed by atoms with van der Waals surface area (Å²) in [7, 11) is 1.34. The lowest BCUT2D eigenvalue weighted by Gasteiger charge is -2.31. The van der Waals surface area contributed by atoms with Crippen molar-refractivity contribution in [2.45, 2.75) is 19.8 Å². The molecule has 1 atom stereocenters. The number of carbonyl (C=O) groups is 1. The third-order valence-corrected chi connectivity index (χ3v) is 5.53. The molecule has 31 heavy (non-hydrogen) atoms. The number of nitro benzene ring substituents is 1. The van der Waals surface area contributed by atoms with Crippen molar-refractivity contribution in [2.24, 2.45) is 0 Å². The number of aromatic nitrogens is 1. The molecule has 2 heterocycles. The predicted molar refractivity (Wildman–Crippen MR) is 118 cm³/mol. The molecule has 1 aliphatic rings. The second-order valence-electron chi connectivity index (χ2n) is 7.36. The van der Waals surface area contributed by atoms with Gasteiger partial charge in [0.25, 0.3) is 5.69 Å². The Morgan fingerprint density at radius 2 is 1.77 bits per heavy atom. The van der Waals surface area contributed by atoms with Crippen molar-refractivity contribution in [1.82, 2.24) is 10.3 Å². The van der Waals surface area contributed by atoms with Crippen LogP contribution in [0.5, 0.6) is 0 Å². The number of non-ortho nitro benzene ring substituents is 1. The van der Waals surface area contributed by atoms with Crippen LogP contribution in [-0.2, 0) is 9.53 Å². The van der Waals surface area contributed by atoms with Crippen LogP contribution in [0.1, 0.15) is 31.0 Å². The number of carbonyl (C=O) groups excluding carboxylic acids is 1. The van der Waals surface area contributed by atoms with E-state index < -0.39 is 16.8 Å². The standard InChI is InChI=1S/C24H21N3O4/c1-14-20(23-19-7-5-4-6-16(19)12-13-25-23)22(21(15(2)26-14)24(28)31-3)17-8-10-18(11-9-17)27(29)30/h4-13,22,26H,1-3H3. The van der Waals surface area contributed by atoms with Crippen LogP contribution in [0.3, 0.4) is 0 Å². The van der Waals surface area contributed by atoms with Gasteiger partial charge in [0.05, 0.1) is 23.3 Å². The summed E-state index contributed by atoms with van der Waals surface area (Å²) in [6.45, 7) is 3.76. The number of hydrogen-bond donors (Lipinski definition) is 1. The van der Waals surface area contributed by atoms with Crippen molar-refractivity contribution in [3.8, 4) is 0 Å². The van der Waals surface area contributed by atoms with Crippen molar-refractivity contribution >= 4 is 28.0 Å². The zero-order valence-electron chi connectivity index (χ0n) is 17.4. The van der Waals surface area contributed by atoms with E-state index >= 15 is 0 Å². The molecule has 7 nitrogen and oxygen atoms in total. The van der Waals surface area contributed by atoms with E-state index in [0.717, 1.165) is 33.3 Å². The summed E-state index contributed by atoms with van der Waals surface area (Å²) in [6, 6.07) is 16.1. The van der Waals surface area contributed by atoms with Gasteiger partial charge in [-0.3, -0.25) is 15.1 Å². The molecule has 0 amide bonds. The fourth-order valence-corrected chi connectivity index (χ4v) is 4.14. The molecule has 0 saturated carbocycles. The molecule has 1 unspecified atom stereocenters. The quantitative estimate of drug-likeness (QED) is 0.377. The summed E-state index contributed by atoms with van der Waals surface area (Å²) in [5.74, 6) is -0.952. The van der Waals surface area contributed by atoms with Crippen LogP contribution in [0.15, 0.2) is 77.8 Å². The molecule has 0 fully saturated rings. The van der Waals surface area contributed by atoms with Gasteiger partial charge in [0.2, 0.25) is 0 Å². The molecule has 7 heteroatoms. The van der Waals surface area contributed by atoms with Crippen molar-refractivity contribution < 1.29 is 14.5 Å². The smallest absolute Gasteiger partial charge is 0.336 e. The van der Waals surface area contributed by atoms with Crippen molar-refractivity contribution in [3.63, 3.8) is 0 Å². The maximum Gasteiger partial charge on any atom is 0.336 e. The van der Waals surface area contributed by atoms with E-state index in [4.69, 9.17) is 4.74 Å². The number of benzene rings is 2. The van der Waals surface area contributed by atoms with Crippen LogP contribution >= 0.6 is 0 Å². The van der Waals surface area contributed by atoms with Crippen LogP contribution in [0.2, 0.25) is 0 Å². The summed E-state index contributed by atoms with van der Waals surface area (Å²) in [4.78, 5) is 28.2. The molecule has 1 aromatic heterocycles. The van der Waals surface area contributed by atoms with E-state index in [0.29, 0.717) is 11.3 Å². The highest BCUT2D eigenvalue weighted by Gasteiger charge is 2.35. The van der Waals surface area contributed by atoms with Crippen LogP contribution in [0, 0.1) is 10.1 Å². The first-order valence-corrected chi connectivity index (χ1v) is 9.77. The van der Waals surface area contributed by atoms with Gasteiger partial charge in [-0.05, 0) is 30.9 Å². The SMILES string of the molecule is COC(=O)C1=C(C)NC(C)=C(c2nccc3ccccc23)C1c1ccc([N+](=O)[O-])cc1. The second kappa shape index (κ2) is 8.02. The fourth-order valence-electron chi connectivity index (χ4n) is 4.14. The summed E-state index contributed by atoms with van der Waals surface area (Å²) < 4.78 is 5.09. The van der Waals surface area contributed by atoms with Gasteiger partial charge in [0.15, 0.2) is 0 Å². The largest absolute Gasteiger partial charge is 0.466 e. The molecule has 4 rings (SSSR count). The Balaban J connectivity index is 1.98. The highest BCUT2D eigenvalue weighted by molar-refractivity contribution is 6.01. The summed E-state index contributed by atoms with van der Waals surface area (Å²) in [6.07, 6.45) is 1.74. The first-order chi connectivity index (χ1) is 14.9. The molecule has 1 N–H and O–H groups in total. The highest BCUT2D eigenvalue weighted by atomic mass is 16.6. The minimum atomic E-state index is -0.493. The molecule has 156 valence electrons. The highest BCUT2D eigenvalue weighted by Crippen LogP contribution is 2.44. The van der Waals surface area contributed by atoms with Gasteiger partial charge in [-0.1, -0.05) is 36.4 Å². The normalized spacial score (nSPS) is 16.3. The number of fused-ring (bicyclic) bond motifs is 1. The molecule has 0 radical (unpaired) electrons. The number of methoxy groups -OCH3 is 1. The molecule has 1 aliphatic heterocycles. The Bertz CT molecular complexity index is 1250. The lowest BCUT2D eigenvalue weighted by Crippen LogP contribution is -2.28. The zero-order valence-corrected chi connectivity index (χ0v) is 17.4. The molecule has 3 aromatic rings. The lowest BCUT2D eigenvalue weighted by molar-refractivity contribution is -0.384. The number of nitrogens with zero attached hydrogens (tertiary/aromatic N) is 2. The molecular weight excluding hydrogens is 394 g/mol. The number of hydrogen-bond acceptors (Lipinski definition) is 6. The zero-order chi connectivity index (χ0) is 22.1. The first-order valence-electron chi connectivity index (χ1n) is 9.77. The molecule has 0 saturated heterocycles. The maximum atomic E-state index is 12.8. The Morgan fingerprint density at radius 3 is 2.45 bits per heavy atom. The van der Waals surface area contributed by atoms with Gasteiger partial charge in [-0.2, -0.15) is 0 Å². The van der Waals surface area contributed by atoms with Crippen molar-refractivity contribution in [3.05, 3.63) is 99.1 Å². The van der Waals surface area contributed by atoms with Crippen LogP contribution in [0.4, 0.5) is 5.69 Å². The number of ether oxygens (including phenoxy) is 1. The number of esters is 1. The molecule has 0 bridgehead atoms. The van der Waals surface area contributed by atoms with Gasteiger partial charge in [0, 0.05) is 46.6 Å². The number of allylic oxidation sites excluding steroid dienone is 3. The average molecular weight is 415 g/mol. The molecule has 0 spiro atoms. The van der Waals surface area contributed by atoms with Crippen molar-refractivity contribution in [1.29, 1.82) is 0 Å². The second-order valence-corrected chi connectivity index (χ2v) is 7.36. The van der Waals surface area contributed by atoms with E-state index in [1.165, 1.54) is 19.2 Å². The summed E-state index contributed by atoms with van der Waals surface area (Å²) in [5, 5.41) is 16.4. The van der Waals surface area contributed by atoms with E-state index in [1.807, 2.05) is 44.2 Å². The van der Waals surface area contributed by atoms with E-state index in [1.54, 1.807) is 18.3 Å². The van der Waals surface area contributed by atoms with Gasteiger partial charge >= 0.3 is 5.97 Å². The number of nitrogens with one attached hydrogen (secondary N) is 1. The number of rotatable bonds is 4. The Morgan fingerprint density at radius 1 is 1.06 bits per heavy atom. The van der Waals surface area contributed by atoms with E-state index in [2.05, 4.69) is 10.3 Å². The molecule has 0 aliphatic carbocycles. The fraction of sp³-hybridized carbons (Fsp3) is 0.167. The molecular formula is C24H21N3O4. The predicted octanol–water partition coefficient (Wildman–Crippen LogP) is 4.71. The van der Waals surface area contributed by atoms with Gasteiger partial charge in [0.1, 0.15) is 0 Å². The van der Waals surface area contributed by atoms with Crippen LogP contribution in [0.25, 0.3) is 16.3 Å². The minimum Gasteiger partial charge on any atom is -0.466 e. The average Bonchev–Trinajstić information content (AvgIpc) is 2.78.